The van der Waals surface area contributed by atoms with Gasteiger partial charge in [-0.05, 0) is 73.5 Å². The summed E-state index contributed by atoms with van der Waals surface area (Å²) in [7, 11) is 0. The number of fused-ring (bicyclic) bond motifs is 10. The summed E-state index contributed by atoms with van der Waals surface area (Å²) in [6.07, 6.45) is 0. The van der Waals surface area contributed by atoms with Crippen molar-refractivity contribution in [1.29, 1.82) is 0 Å². The largest absolute Gasteiger partial charge is 0.278 e. The standard InChI is InChI=1S/C54H37N3/c1-53(2)43-28-14-11-25-39(43)49-50(55-52(56-51(49)53)57-46-31-16-13-24-38(46)42-32-34-18-9-10-19-35(34)33-47(42)57)41-27-17-30-45-48(41)40-26-12-15-29-44(40)54(45,36-20-5-3-6-21-36)37-22-7-4-8-23-37/h3-33H,1-2H3. The van der Waals surface area contributed by atoms with Crippen molar-refractivity contribution in [2.75, 3.05) is 0 Å². The Morgan fingerprint density at radius 3 is 1.72 bits per heavy atom. The lowest BCUT2D eigenvalue weighted by Gasteiger charge is -2.34. The van der Waals surface area contributed by atoms with Crippen LogP contribution in [0.4, 0.5) is 0 Å². The van der Waals surface area contributed by atoms with Crippen LogP contribution in [0.2, 0.25) is 0 Å². The van der Waals surface area contributed by atoms with E-state index in [2.05, 4.69) is 206 Å². The lowest BCUT2D eigenvalue weighted by molar-refractivity contribution is 0.632. The summed E-state index contributed by atoms with van der Waals surface area (Å²) in [4.78, 5) is 11.4. The van der Waals surface area contributed by atoms with Crippen LogP contribution in [0.1, 0.15) is 47.4 Å². The van der Waals surface area contributed by atoms with Crippen LogP contribution < -0.4 is 0 Å². The fraction of sp³-hybridized carbons (Fsp3) is 0.0741. The summed E-state index contributed by atoms with van der Waals surface area (Å²) in [6.45, 7) is 4.64. The Balaban J connectivity index is 1.23. The molecule has 0 bridgehead atoms. The number of nitrogens with zero attached hydrogens (tertiary/aromatic N) is 3. The molecule has 2 aromatic heterocycles. The third-order valence-corrected chi connectivity index (χ3v) is 12.8. The van der Waals surface area contributed by atoms with Crippen LogP contribution >= 0.6 is 0 Å². The van der Waals surface area contributed by atoms with Gasteiger partial charge in [0, 0.05) is 27.3 Å². The Bertz CT molecular complexity index is 3220. The first kappa shape index (κ1) is 32.2. The van der Waals surface area contributed by atoms with Gasteiger partial charge in [-0.25, -0.2) is 9.97 Å². The summed E-state index contributed by atoms with van der Waals surface area (Å²) < 4.78 is 2.30. The molecule has 0 saturated heterocycles. The third-order valence-electron chi connectivity index (χ3n) is 12.8. The van der Waals surface area contributed by atoms with Crippen LogP contribution in [0.25, 0.3) is 72.0 Å². The fourth-order valence-electron chi connectivity index (χ4n) is 10.4. The lowest BCUT2D eigenvalue weighted by atomic mass is 9.67. The van der Waals surface area contributed by atoms with Crippen molar-refractivity contribution in [1.82, 2.24) is 14.5 Å². The first-order chi connectivity index (χ1) is 28.0. The summed E-state index contributed by atoms with van der Waals surface area (Å²) in [5, 5.41) is 4.80. The molecule has 2 aliphatic carbocycles. The van der Waals surface area contributed by atoms with E-state index in [1.54, 1.807) is 0 Å². The highest BCUT2D eigenvalue weighted by Crippen LogP contribution is 2.60. The maximum Gasteiger partial charge on any atom is 0.235 e. The Kier molecular flexibility index (Phi) is 6.61. The molecule has 0 unspecified atom stereocenters. The van der Waals surface area contributed by atoms with Crippen molar-refractivity contribution >= 4 is 32.6 Å². The van der Waals surface area contributed by atoms with E-state index >= 15 is 0 Å². The van der Waals surface area contributed by atoms with Crippen molar-refractivity contribution in [3.05, 3.63) is 222 Å². The van der Waals surface area contributed by atoms with Crippen LogP contribution in [0, 0.1) is 0 Å². The first-order valence-electron chi connectivity index (χ1n) is 19.8. The Morgan fingerprint density at radius 1 is 0.421 bits per heavy atom. The van der Waals surface area contributed by atoms with Crippen molar-refractivity contribution in [2.45, 2.75) is 24.7 Å². The number of hydrogen-bond acceptors (Lipinski definition) is 2. The molecule has 2 aliphatic rings. The molecule has 57 heavy (non-hydrogen) atoms. The highest BCUT2D eigenvalue weighted by molar-refractivity contribution is 6.13. The molecule has 2 heterocycles. The Labute approximate surface area is 331 Å². The van der Waals surface area contributed by atoms with Gasteiger partial charge in [0.2, 0.25) is 5.95 Å². The normalized spacial score (nSPS) is 14.4. The quantitative estimate of drug-likeness (QED) is 0.181. The SMILES string of the molecule is CC1(C)c2ccccc2-c2c(-c3cccc4c3-c3ccccc3C4(c3ccccc3)c3ccccc3)nc(-n3c4ccccc4c4cc5ccccc5cc43)nc21. The van der Waals surface area contributed by atoms with E-state index in [0.29, 0.717) is 5.95 Å². The molecule has 0 atom stereocenters. The average molecular weight is 728 g/mol. The minimum atomic E-state index is -0.519. The molecule has 3 nitrogen and oxygen atoms in total. The first-order valence-corrected chi connectivity index (χ1v) is 19.8. The highest BCUT2D eigenvalue weighted by atomic mass is 15.2. The van der Waals surface area contributed by atoms with E-state index in [4.69, 9.17) is 9.97 Å². The van der Waals surface area contributed by atoms with Gasteiger partial charge in [0.05, 0.1) is 27.8 Å². The van der Waals surface area contributed by atoms with Gasteiger partial charge in [0.1, 0.15) is 0 Å². The molecule has 0 spiro atoms. The van der Waals surface area contributed by atoms with Crippen LogP contribution in [-0.4, -0.2) is 14.5 Å². The van der Waals surface area contributed by atoms with Crippen molar-refractivity contribution in [2.24, 2.45) is 0 Å². The minimum Gasteiger partial charge on any atom is -0.278 e. The monoisotopic (exact) mass is 727 g/mol. The van der Waals surface area contributed by atoms with E-state index in [1.165, 1.54) is 66.1 Å². The second kappa shape index (κ2) is 11.7. The molecule has 0 saturated carbocycles. The second-order valence-electron chi connectivity index (χ2n) is 16.1. The van der Waals surface area contributed by atoms with Crippen LogP contribution in [0.5, 0.6) is 0 Å². The number of benzene rings is 8. The van der Waals surface area contributed by atoms with E-state index in [-0.39, 0.29) is 5.41 Å². The maximum atomic E-state index is 5.80. The van der Waals surface area contributed by atoms with Crippen LogP contribution in [0.3, 0.4) is 0 Å². The van der Waals surface area contributed by atoms with Crippen molar-refractivity contribution < 1.29 is 0 Å². The van der Waals surface area contributed by atoms with Gasteiger partial charge in [0.25, 0.3) is 0 Å². The molecule has 0 N–H and O–H groups in total. The number of aromatic nitrogens is 3. The zero-order valence-electron chi connectivity index (χ0n) is 31.7. The molecule has 0 fully saturated rings. The lowest BCUT2D eigenvalue weighted by Crippen LogP contribution is -2.28. The van der Waals surface area contributed by atoms with E-state index in [1.807, 2.05) is 0 Å². The van der Waals surface area contributed by atoms with Gasteiger partial charge in [-0.3, -0.25) is 4.57 Å². The molecule has 0 aliphatic heterocycles. The fourth-order valence-corrected chi connectivity index (χ4v) is 10.4. The van der Waals surface area contributed by atoms with Gasteiger partial charge in [0.15, 0.2) is 0 Å². The van der Waals surface area contributed by atoms with Crippen LogP contribution in [-0.2, 0) is 10.8 Å². The second-order valence-corrected chi connectivity index (χ2v) is 16.1. The third kappa shape index (κ3) is 4.26. The van der Waals surface area contributed by atoms with E-state index < -0.39 is 5.41 Å². The molecule has 8 aromatic carbocycles. The topological polar surface area (TPSA) is 30.7 Å². The van der Waals surface area contributed by atoms with E-state index in [0.717, 1.165) is 33.5 Å². The Morgan fingerprint density at radius 2 is 0.982 bits per heavy atom. The zero-order chi connectivity index (χ0) is 37.9. The predicted octanol–water partition coefficient (Wildman–Crippen LogP) is 13.1. The number of hydrogen-bond donors (Lipinski definition) is 0. The van der Waals surface area contributed by atoms with E-state index in [9.17, 15) is 0 Å². The van der Waals surface area contributed by atoms with Gasteiger partial charge < -0.3 is 0 Å². The predicted molar refractivity (Wildman–Crippen MR) is 234 cm³/mol. The molecule has 0 radical (unpaired) electrons. The van der Waals surface area contributed by atoms with Gasteiger partial charge >= 0.3 is 0 Å². The minimum absolute atomic E-state index is 0.350. The van der Waals surface area contributed by atoms with Gasteiger partial charge in [-0.1, -0.05) is 184 Å². The molecule has 0 amide bonds. The zero-order valence-corrected chi connectivity index (χ0v) is 31.7. The summed E-state index contributed by atoms with van der Waals surface area (Å²) in [5.41, 5.74) is 15.6. The molecule has 12 rings (SSSR count). The maximum absolute atomic E-state index is 5.80. The molecular formula is C54H37N3. The molecule has 268 valence electrons. The summed E-state index contributed by atoms with van der Waals surface area (Å²) in [6, 6.07) is 68.7. The molecular weight excluding hydrogens is 691 g/mol. The van der Waals surface area contributed by atoms with Crippen molar-refractivity contribution in [3.8, 4) is 39.5 Å². The summed E-state index contributed by atoms with van der Waals surface area (Å²) >= 11 is 0. The average Bonchev–Trinajstić information content (AvgIpc) is 3.84. The van der Waals surface area contributed by atoms with Gasteiger partial charge in [-0.15, -0.1) is 0 Å². The number of para-hydroxylation sites is 1. The number of rotatable bonds is 4. The smallest absolute Gasteiger partial charge is 0.235 e. The van der Waals surface area contributed by atoms with Crippen LogP contribution in [0.15, 0.2) is 188 Å². The molecule has 10 aromatic rings. The van der Waals surface area contributed by atoms with Gasteiger partial charge in [-0.2, -0.15) is 0 Å². The summed E-state index contributed by atoms with van der Waals surface area (Å²) in [5.74, 6) is 0.687. The van der Waals surface area contributed by atoms with Crippen molar-refractivity contribution in [3.63, 3.8) is 0 Å². The Hall–Kier alpha value is -7.10. The highest BCUT2D eigenvalue weighted by Gasteiger charge is 2.48. The molecule has 3 heteroatoms.